The number of benzene rings is 2. The van der Waals surface area contributed by atoms with Crippen LogP contribution in [0.5, 0.6) is 17.2 Å². The van der Waals surface area contributed by atoms with Gasteiger partial charge in [-0.2, -0.15) is 0 Å². The van der Waals surface area contributed by atoms with Gasteiger partial charge in [-0.25, -0.2) is 4.79 Å². The second-order valence-electron chi connectivity index (χ2n) is 35.3. The van der Waals surface area contributed by atoms with E-state index in [-0.39, 0.29) is 205 Å². The number of phenols is 1. The summed E-state index contributed by atoms with van der Waals surface area (Å²) in [6.45, 7) is 0.762. The zero-order valence-electron chi connectivity index (χ0n) is 82.1. The Kier molecular flexibility index (Phi) is 61.8. The topological polar surface area (TPSA) is 779 Å². The number of amides is 14. The molecule has 18 atom stereocenters. The molecule has 0 radical (unpaired) electrons. The van der Waals surface area contributed by atoms with Gasteiger partial charge < -0.3 is 184 Å². The minimum Gasteiger partial charge on any atom is -0.507 e. The van der Waals surface area contributed by atoms with Gasteiger partial charge in [0.2, 0.25) is 82.7 Å². The lowest BCUT2D eigenvalue weighted by molar-refractivity contribution is -0.270. The zero-order valence-corrected chi connectivity index (χ0v) is 88.6. The fourth-order valence-electron chi connectivity index (χ4n) is 15.1. The largest absolute Gasteiger partial charge is 0.507 e. The summed E-state index contributed by atoms with van der Waals surface area (Å²) in [4.78, 5) is 192. The molecule has 51 nitrogen and oxygen atoms in total. The van der Waals surface area contributed by atoms with E-state index in [0.717, 1.165) is 0 Å². The van der Waals surface area contributed by atoms with E-state index in [9.17, 15) is 128 Å². The SMILES string of the molecule is CC(=O)NC1C(OCCCCC(=O)NCCCNC(=O)CCOCC(COCCC(=O)NCCCNC(=O)CCCCOC2OC(CO)C(O)C(O)C2NC(C)=O)(COCCC(=O)NCCCNC(=O)CCCCOC2OC(CO)C(O)C(O)C2NC(C)=O)NC(=O)CCCC(=O)NC(CCCCNC(=O)CCC(NC(=O)C(N)Cc2cc(I)c(Oc3ccc(O)c(I)c3)c(I)c2)C(=O)O)C(N)=O)OC(CO)C(O)C1O. The van der Waals surface area contributed by atoms with Crippen molar-refractivity contribution in [3.63, 3.8) is 0 Å². The van der Waals surface area contributed by atoms with Crippen LogP contribution in [-0.4, -0.2) is 386 Å². The van der Waals surface area contributed by atoms with Gasteiger partial charge in [0.1, 0.15) is 102 Å². The molecule has 3 aliphatic rings. The third-order valence-corrected chi connectivity index (χ3v) is 25.4. The Balaban J connectivity index is 1.17. The number of aromatic hydroxyl groups is 1. The summed E-state index contributed by atoms with van der Waals surface area (Å²) >= 11 is 6.14. The first-order valence-corrected chi connectivity index (χ1v) is 51.8. The summed E-state index contributed by atoms with van der Waals surface area (Å²) in [7, 11) is 0. The third kappa shape index (κ3) is 49.5. The summed E-state index contributed by atoms with van der Waals surface area (Å²) in [5.41, 5.74) is 11.0. The predicted molar refractivity (Wildman–Crippen MR) is 540 cm³/mol. The van der Waals surface area contributed by atoms with Gasteiger partial charge in [0.15, 0.2) is 24.6 Å². The first-order chi connectivity index (χ1) is 69.6. The molecule has 18 unspecified atom stereocenters. The lowest BCUT2D eigenvalue weighted by Gasteiger charge is -2.42. The second kappa shape index (κ2) is 70.5. The van der Waals surface area contributed by atoms with Gasteiger partial charge in [-0.05, 0) is 200 Å². The van der Waals surface area contributed by atoms with E-state index in [4.69, 9.17) is 58.8 Å². The summed E-state index contributed by atoms with van der Waals surface area (Å²) in [5, 5.41) is 146. The van der Waals surface area contributed by atoms with Crippen molar-refractivity contribution in [3.8, 4) is 17.2 Å². The van der Waals surface area contributed by atoms with Gasteiger partial charge in [-0.15, -0.1) is 0 Å². The molecule has 3 fully saturated rings. The van der Waals surface area contributed by atoms with Gasteiger partial charge in [0.05, 0.1) is 76.2 Å². The van der Waals surface area contributed by atoms with Gasteiger partial charge in [-0.3, -0.25) is 67.1 Å². The standard InChI is InChI=1S/C92H146I3N15O36/c1-52(114)105-76-82(130)79(127)64(46-111)144-89(76)140-36-9-5-17-67(118)99-30-13-33-102-71(122)26-39-137-49-92(50-138-40-27-72(123)103-34-14-31-100-68(119)18-6-10-37-141-90-77(106-53(2)115)83(131)80(128)65(47-112)145-90,51-139-41-28-73(124)104-35-15-32-101-69(120)19-7-11-38-142-91-78(107-54(3)116)84(132)81(129)66(48-113)146-91)110-75(126)21-12-20-74(125)108-61(86(97)133)16-4-8-29-98-70(121)25-23-62(88(135)136)109-87(134)60(96)44-55-42-58(94)85(59(95)43-55)143-56-22-24-63(117)57(93)45-56/h22,24,42-43,45,60-62,64-66,76-84,89-91,111-113,117,127-132H,4-21,23,25-41,44,46-51,96H2,1-3H3,(H2,97,133)(H,98,121)(H,99,118)(H,100,119)(H,101,120)(H,102,122)(H,103,123)(H,104,124)(H,105,114)(H,106,115)(H,107,116)(H,108,125)(H,109,134)(H,110,126)(H,135,136). The Labute approximate surface area is 886 Å². The van der Waals surface area contributed by atoms with Crippen LogP contribution >= 0.6 is 67.8 Å². The highest BCUT2D eigenvalue weighted by molar-refractivity contribution is 14.1. The number of carboxylic acid groups (broad SMARTS) is 1. The molecule has 28 N–H and O–H groups in total. The van der Waals surface area contributed by atoms with Crippen molar-refractivity contribution >= 4 is 156 Å². The molecule has 0 spiro atoms. The molecule has 826 valence electrons. The maximum Gasteiger partial charge on any atom is 0.326 e. The third-order valence-electron chi connectivity index (χ3n) is 22.9. The predicted octanol–water partition coefficient (Wildman–Crippen LogP) is -5.02. The zero-order chi connectivity index (χ0) is 108. The van der Waals surface area contributed by atoms with E-state index in [1.807, 2.05) is 22.6 Å². The maximum absolute atomic E-state index is 14.2. The van der Waals surface area contributed by atoms with Crippen molar-refractivity contribution < 1.29 is 175 Å². The quantitative estimate of drug-likeness (QED) is 0.0218. The number of hydrogen-bond acceptors (Lipinski definition) is 36. The van der Waals surface area contributed by atoms with E-state index >= 15 is 0 Å². The van der Waals surface area contributed by atoms with Crippen molar-refractivity contribution in [1.82, 2.24) is 69.1 Å². The molecule has 3 aliphatic heterocycles. The van der Waals surface area contributed by atoms with E-state index < -0.39 is 226 Å². The number of halogens is 3. The highest BCUT2D eigenvalue weighted by Crippen LogP contribution is 2.36. The molecular formula is C92H146I3N15O36. The minimum atomic E-state index is -1.66. The summed E-state index contributed by atoms with van der Waals surface area (Å²) in [6.07, 6.45) is -14.2. The fourth-order valence-corrected chi connectivity index (χ4v) is 17.7. The van der Waals surface area contributed by atoms with Crippen LogP contribution in [0.2, 0.25) is 0 Å². The minimum absolute atomic E-state index is 0.0245. The van der Waals surface area contributed by atoms with Crippen molar-refractivity contribution in [3.05, 3.63) is 46.6 Å². The maximum atomic E-state index is 14.2. The van der Waals surface area contributed by atoms with E-state index in [1.54, 1.807) is 24.3 Å². The molecule has 146 heavy (non-hydrogen) atoms. The van der Waals surface area contributed by atoms with Gasteiger partial charge in [0.25, 0.3) is 0 Å². The van der Waals surface area contributed by atoms with Gasteiger partial charge >= 0.3 is 5.97 Å². The first kappa shape index (κ1) is 128. The lowest BCUT2D eigenvalue weighted by atomic mass is 9.97. The average molecular weight is 2420 g/mol. The number of primary amides is 1. The van der Waals surface area contributed by atoms with Crippen LogP contribution < -0.4 is 85.3 Å². The van der Waals surface area contributed by atoms with Crippen molar-refractivity contribution in [1.29, 1.82) is 0 Å². The number of aliphatic hydroxyl groups is 9. The van der Waals surface area contributed by atoms with Crippen molar-refractivity contribution in [2.24, 2.45) is 11.5 Å². The van der Waals surface area contributed by atoms with E-state index in [0.29, 0.717) is 85.6 Å². The molecule has 0 saturated carbocycles. The van der Waals surface area contributed by atoms with Crippen molar-refractivity contribution in [2.45, 2.75) is 290 Å². The average Bonchev–Trinajstić information content (AvgIpc) is 0.823. The number of rotatable bonds is 73. The normalized spacial score (nSPS) is 21.7. The number of phenolic OH excluding ortho intramolecular Hbond substituents is 1. The number of carbonyl (C=O) groups is 15. The Morgan fingerprint density at radius 3 is 1.12 bits per heavy atom. The molecule has 0 aromatic heterocycles. The second-order valence-corrected chi connectivity index (χ2v) is 38.7. The molecule has 2 aromatic carbocycles. The summed E-state index contributed by atoms with van der Waals surface area (Å²) in [5.74, 6) is -7.70. The molecule has 3 heterocycles. The fraction of sp³-hybridized carbons (Fsp3) is 0.707. The van der Waals surface area contributed by atoms with Crippen LogP contribution in [0.15, 0.2) is 30.3 Å². The molecule has 54 heteroatoms. The highest BCUT2D eigenvalue weighted by atomic mass is 127. The van der Waals surface area contributed by atoms with Crippen LogP contribution in [0, 0.1) is 10.7 Å². The molecule has 2 aromatic rings. The number of nitrogens with one attached hydrogen (secondary N) is 13. The van der Waals surface area contributed by atoms with Crippen LogP contribution in [0.3, 0.4) is 0 Å². The molecule has 0 bridgehead atoms. The number of hydrogen-bond donors (Lipinski definition) is 26. The number of aliphatic carboxylic acids is 1. The summed E-state index contributed by atoms with van der Waals surface area (Å²) in [6, 6.07) is 1.10. The Hall–Kier alpha value is -8.48. The smallest absolute Gasteiger partial charge is 0.326 e. The number of unbranched alkanes of at least 4 members (excludes halogenated alkanes) is 4. The van der Waals surface area contributed by atoms with E-state index in [2.05, 4.69) is 114 Å². The lowest BCUT2D eigenvalue weighted by Crippen LogP contribution is -2.64. The van der Waals surface area contributed by atoms with Gasteiger partial charge in [-0.1, -0.05) is 0 Å². The van der Waals surface area contributed by atoms with Crippen LogP contribution in [-0.2, 0) is 121 Å². The summed E-state index contributed by atoms with van der Waals surface area (Å²) < 4.78 is 60.2. The molecule has 3 saturated heterocycles. The Morgan fingerprint density at radius 1 is 0.404 bits per heavy atom. The first-order valence-electron chi connectivity index (χ1n) is 48.5. The number of carbonyl (C=O) groups excluding carboxylic acids is 14. The number of carboxylic acids is 1. The number of nitrogens with two attached hydrogens (primary N) is 2. The number of ether oxygens (including phenoxy) is 10. The number of aliphatic hydroxyl groups excluding tert-OH is 9. The molecular weight excluding hydrogens is 2270 g/mol. The van der Waals surface area contributed by atoms with Crippen LogP contribution in [0.1, 0.15) is 174 Å². The van der Waals surface area contributed by atoms with E-state index in [1.165, 1.54) is 26.8 Å². The molecule has 0 aliphatic carbocycles. The highest BCUT2D eigenvalue weighted by Gasteiger charge is 2.49. The van der Waals surface area contributed by atoms with Crippen LogP contribution in [0.25, 0.3) is 0 Å². The van der Waals surface area contributed by atoms with Crippen molar-refractivity contribution in [2.75, 3.05) is 125 Å². The molecule has 14 amide bonds. The Bertz CT molecular complexity index is 4160. The molecule has 5 rings (SSSR count). The van der Waals surface area contributed by atoms with Crippen LogP contribution in [0.4, 0.5) is 0 Å². The van der Waals surface area contributed by atoms with Gasteiger partial charge in [0, 0.05) is 144 Å². The Morgan fingerprint density at radius 2 is 0.760 bits per heavy atom. The monoisotopic (exact) mass is 2420 g/mol.